The predicted molar refractivity (Wildman–Crippen MR) is 111 cm³/mol. The lowest BCUT2D eigenvalue weighted by Crippen LogP contribution is -2.25. The lowest BCUT2D eigenvalue weighted by molar-refractivity contribution is -0.385. The first-order chi connectivity index (χ1) is 15.2. The van der Waals surface area contributed by atoms with Crippen molar-refractivity contribution in [1.82, 2.24) is 14.3 Å². The summed E-state index contributed by atoms with van der Waals surface area (Å²) in [5.74, 6) is -1.12. The second-order valence-electron chi connectivity index (χ2n) is 6.77. The molecule has 13 nitrogen and oxygen atoms in total. The molecule has 0 aliphatic heterocycles. The topological polar surface area (TPSA) is 168 Å². The smallest absolute Gasteiger partial charge is 0.407 e. The molecule has 4 rings (SSSR count). The van der Waals surface area contributed by atoms with Crippen LogP contribution in [0, 0.1) is 27.2 Å². The van der Waals surface area contributed by atoms with Crippen molar-refractivity contribution in [3.8, 4) is 5.69 Å². The second kappa shape index (κ2) is 7.79. The molecule has 0 radical (unpaired) electrons. The molecule has 4 aromatic rings. The average Bonchev–Trinajstić information content (AvgIpc) is 3.26. The number of hydrogen-bond donors (Lipinski definition) is 1. The molecule has 2 aromatic heterocycles. The van der Waals surface area contributed by atoms with E-state index in [4.69, 9.17) is 4.42 Å². The molecule has 0 spiro atoms. The lowest BCUT2D eigenvalue weighted by Gasteiger charge is -2.09. The maximum absolute atomic E-state index is 12.6. The summed E-state index contributed by atoms with van der Waals surface area (Å²) >= 11 is 0. The fourth-order valence-corrected chi connectivity index (χ4v) is 3.15. The zero-order valence-electron chi connectivity index (χ0n) is 16.4. The van der Waals surface area contributed by atoms with E-state index in [2.05, 4.69) is 10.4 Å². The molecule has 0 saturated carbocycles. The summed E-state index contributed by atoms with van der Waals surface area (Å²) in [6, 6.07) is 10.8. The van der Waals surface area contributed by atoms with E-state index in [-0.39, 0.29) is 28.3 Å². The minimum atomic E-state index is -0.837. The van der Waals surface area contributed by atoms with Crippen molar-refractivity contribution in [3.05, 3.63) is 85.0 Å². The van der Waals surface area contributed by atoms with E-state index in [0.29, 0.717) is 11.4 Å². The van der Waals surface area contributed by atoms with Crippen LogP contribution in [0.2, 0.25) is 0 Å². The van der Waals surface area contributed by atoms with Gasteiger partial charge < -0.3 is 9.73 Å². The van der Waals surface area contributed by atoms with Crippen LogP contribution in [0.1, 0.15) is 5.69 Å². The predicted octanol–water partition coefficient (Wildman–Crippen LogP) is 2.54. The van der Waals surface area contributed by atoms with Gasteiger partial charge in [0.25, 0.3) is 11.4 Å². The SMILES string of the molecule is Cc1cc(NC(=O)Cn2c(=O)oc3cc([N+](=O)[O-])ccc32)n(-c2ccc([N+](=O)[O-])cc2)n1. The number of aromatic nitrogens is 3. The van der Waals surface area contributed by atoms with Crippen molar-refractivity contribution in [3.63, 3.8) is 0 Å². The highest BCUT2D eigenvalue weighted by atomic mass is 16.6. The number of benzene rings is 2. The summed E-state index contributed by atoms with van der Waals surface area (Å²) in [5.41, 5.74) is 0.952. The Morgan fingerprint density at radius 1 is 1.06 bits per heavy atom. The summed E-state index contributed by atoms with van der Waals surface area (Å²) < 4.78 is 7.47. The molecule has 13 heteroatoms. The number of hydrogen-bond acceptors (Lipinski definition) is 8. The van der Waals surface area contributed by atoms with Crippen LogP contribution in [0.15, 0.2) is 57.7 Å². The number of fused-ring (bicyclic) bond motifs is 1. The van der Waals surface area contributed by atoms with Crippen LogP contribution in [0.25, 0.3) is 16.8 Å². The first kappa shape index (κ1) is 20.5. The Labute approximate surface area is 177 Å². The van der Waals surface area contributed by atoms with E-state index in [1.807, 2.05) is 0 Å². The molecule has 1 N–H and O–H groups in total. The molecule has 0 atom stereocenters. The quantitative estimate of drug-likeness (QED) is 0.354. The summed E-state index contributed by atoms with van der Waals surface area (Å²) in [7, 11) is 0. The maximum atomic E-state index is 12.6. The number of nitro benzene ring substituents is 2. The minimum Gasteiger partial charge on any atom is -0.407 e. The van der Waals surface area contributed by atoms with Gasteiger partial charge in [0.1, 0.15) is 12.4 Å². The van der Waals surface area contributed by atoms with Gasteiger partial charge in [-0.15, -0.1) is 0 Å². The number of amides is 1. The van der Waals surface area contributed by atoms with Gasteiger partial charge in [0.2, 0.25) is 5.91 Å². The van der Waals surface area contributed by atoms with Gasteiger partial charge in [0.15, 0.2) is 5.58 Å². The first-order valence-electron chi connectivity index (χ1n) is 9.12. The molecule has 0 saturated heterocycles. The van der Waals surface area contributed by atoms with E-state index in [0.717, 1.165) is 10.6 Å². The number of non-ortho nitro benzene ring substituents is 2. The maximum Gasteiger partial charge on any atom is 0.420 e. The lowest BCUT2D eigenvalue weighted by atomic mass is 10.3. The van der Waals surface area contributed by atoms with E-state index in [1.165, 1.54) is 41.1 Å². The fourth-order valence-electron chi connectivity index (χ4n) is 3.15. The Morgan fingerprint density at radius 2 is 1.72 bits per heavy atom. The molecule has 32 heavy (non-hydrogen) atoms. The van der Waals surface area contributed by atoms with Gasteiger partial charge in [0, 0.05) is 24.3 Å². The number of oxazole rings is 1. The Bertz CT molecular complexity index is 1430. The summed E-state index contributed by atoms with van der Waals surface area (Å²) in [6.07, 6.45) is 0. The Kier molecular flexibility index (Phi) is 4.98. The molecule has 0 bridgehead atoms. The number of carbonyl (C=O) groups is 1. The molecule has 2 aromatic carbocycles. The van der Waals surface area contributed by atoms with Crippen LogP contribution in [0.4, 0.5) is 17.2 Å². The molecule has 0 fully saturated rings. The fraction of sp³-hybridized carbons (Fsp3) is 0.105. The summed E-state index contributed by atoms with van der Waals surface area (Å²) in [4.78, 5) is 45.4. The molecular weight excluding hydrogens is 424 g/mol. The molecule has 2 heterocycles. The zero-order chi connectivity index (χ0) is 23.0. The molecule has 0 aliphatic carbocycles. The van der Waals surface area contributed by atoms with Crippen LogP contribution in [-0.4, -0.2) is 30.1 Å². The third kappa shape index (κ3) is 3.81. The van der Waals surface area contributed by atoms with E-state index < -0.39 is 28.1 Å². The number of nitrogens with zero attached hydrogens (tertiary/aromatic N) is 5. The third-order valence-electron chi connectivity index (χ3n) is 4.57. The van der Waals surface area contributed by atoms with Gasteiger partial charge in [-0.2, -0.15) is 5.10 Å². The van der Waals surface area contributed by atoms with Crippen molar-refractivity contribution in [2.24, 2.45) is 0 Å². The highest BCUT2D eigenvalue weighted by Crippen LogP contribution is 2.22. The van der Waals surface area contributed by atoms with Crippen molar-refractivity contribution in [1.29, 1.82) is 0 Å². The zero-order valence-corrected chi connectivity index (χ0v) is 16.4. The standard InChI is InChI=1S/C19H14N6O7/c1-11-8-17(23(21-11)12-2-4-13(5-3-12)24(28)29)20-18(26)10-22-15-7-6-14(25(30)31)9-16(15)32-19(22)27/h2-9H,10H2,1H3,(H,20,26). The Hall–Kier alpha value is -4.81. The highest BCUT2D eigenvalue weighted by Gasteiger charge is 2.18. The molecular formula is C19H14N6O7. The van der Waals surface area contributed by atoms with Crippen LogP contribution in [0.3, 0.4) is 0 Å². The largest absolute Gasteiger partial charge is 0.420 e. The van der Waals surface area contributed by atoms with E-state index in [9.17, 15) is 29.8 Å². The van der Waals surface area contributed by atoms with Crippen molar-refractivity contribution in [2.45, 2.75) is 13.5 Å². The van der Waals surface area contributed by atoms with Crippen LogP contribution < -0.4 is 11.1 Å². The molecule has 0 unspecified atom stereocenters. The van der Waals surface area contributed by atoms with Gasteiger partial charge in [-0.3, -0.25) is 29.6 Å². The third-order valence-corrected chi connectivity index (χ3v) is 4.57. The average molecular weight is 438 g/mol. The van der Waals surface area contributed by atoms with Gasteiger partial charge >= 0.3 is 5.76 Å². The number of nitro groups is 2. The monoisotopic (exact) mass is 438 g/mol. The Morgan fingerprint density at radius 3 is 2.38 bits per heavy atom. The Balaban J connectivity index is 1.59. The number of anilines is 1. The van der Waals surface area contributed by atoms with Gasteiger partial charge in [-0.25, -0.2) is 9.48 Å². The van der Waals surface area contributed by atoms with Crippen molar-refractivity contribution in [2.75, 3.05) is 5.32 Å². The molecule has 1 amide bonds. The number of nitrogens with one attached hydrogen (secondary N) is 1. The minimum absolute atomic E-state index is 0.0104. The van der Waals surface area contributed by atoms with Crippen LogP contribution in [0.5, 0.6) is 0 Å². The second-order valence-corrected chi connectivity index (χ2v) is 6.77. The first-order valence-corrected chi connectivity index (χ1v) is 9.12. The highest BCUT2D eigenvalue weighted by molar-refractivity contribution is 5.91. The van der Waals surface area contributed by atoms with Crippen LogP contribution in [-0.2, 0) is 11.3 Å². The van der Waals surface area contributed by atoms with Gasteiger partial charge in [-0.1, -0.05) is 0 Å². The van der Waals surface area contributed by atoms with Crippen molar-refractivity contribution < 1.29 is 19.1 Å². The van der Waals surface area contributed by atoms with Crippen molar-refractivity contribution >= 4 is 34.2 Å². The van der Waals surface area contributed by atoms with Gasteiger partial charge in [-0.05, 0) is 25.1 Å². The number of rotatable bonds is 6. The number of aryl methyl sites for hydroxylation is 1. The normalized spacial score (nSPS) is 10.9. The summed E-state index contributed by atoms with van der Waals surface area (Å²) in [6.45, 7) is 1.30. The van der Waals surface area contributed by atoms with Crippen LogP contribution >= 0.6 is 0 Å². The molecule has 162 valence electrons. The summed E-state index contributed by atoms with van der Waals surface area (Å²) in [5, 5.41) is 28.7. The van der Waals surface area contributed by atoms with Gasteiger partial charge in [0.05, 0.1) is 32.8 Å². The molecule has 0 aliphatic rings. The van der Waals surface area contributed by atoms with E-state index in [1.54, 1.807) is 13.0 Å². The number of carbonyl (C=O) groups excluding carboxylic acids is 1. The van der Waals surface area contributed by atoms with E-state index >= 15 is 0 Å².